The third kappa shape index (κ3) is 1.90. The number of hydrogen-bond acceptors (Lipinski definition) is 5. The van der Waals surface area contributed by atoms with E-state index in [4.69, 9.17) is 0 Å². The quantitative estimate of drug-likeness (QED) is 0.692. The normalized spacial score (nSPS) is 20.1. The van der Waals surface area contributed by atoms with Crippen LogP contribution in [0.2, 0.25) is 0 Å². The maximum absolute atomic E-state index is 12.2. The van der Waals surface area contributed by atoms with Gasteiger partial charge in [-0.1, -0.05) is 0 Å². The monoisotopic (exact) mass is 276 g/mol. The van der Waals surface area contributed by atoms with Gasteiger partial charge >= 0.3 is 6.03 Å². The van der Waals surface area contributed by atoms with Gasteiger partial charge in [0.05, 0.1) is 11.1 Å². The van der Waals surface area contributed by atoms with Crippen LogP contribution in [0.4, 0.5) is 10.6 Å². The minimum absolute atomic E-state index is 0.0692. The maximum atomic E-state index is 12.2. The minimum atomic E-state index is -0.462. The molecule has 0 aliphatic carbocycles. The number of aromatic hydroxyl groups is 1. The zero-order valence-electron chi connectivity index (χ0n) is 11.1. The summed E-state index contributed by atoms with van der Waals surface area (Å²) in [5, 5.41) is 15.1. The second kappa shape index (κ2) is 4.45. The Morgan fingerprint density at radius 3 is 2.80 bits per heavy atom. The van der Waals surface area contributed by atoms with Crippen LogP contribution in [0.15, 0.2) is 12.1 Å². The van der Waals surface area contributed by atoms with E-state index in [-0.39, 0.29) is 17.1 Å². The number of likely N-dealkylation sites (tertiary alicyclic amines) is 1. The fraction of sp³-hybridized carbons (Fsp3) is 0.462. The Morgan fingerprint density at radius 1 is 1.50 bits per heavy atom. The molecule has 2 fully saturated rings. The molecule has 0 atom stereocenters. The first-order valence-electron chi connectivity index (χ1n) is 6.52. The second-order valence-corrected chi connectivity index (χ2v) is 5.32. The molecule has 0 radical (unpaired) electrons. The SMILES string of the molecule is Cc1nc(NC(=O)N2CCC3(CNC3)C2=O)ccc1O. The van der Waals surface area contributed by atoms with Crippen molar-refractivity contribution in [2.24, 2.45) is 5.41 Å². The number of hydrogen-bond donors (Lipinski definition) is 3. The zero-order valence-corrected chi connectivity index (χ0v) is 11.1. The highest BCUT2D eigenvalue weighted by atomic mass is 16.3. The van der Waals surface area contributed by atoms with Crippen molar-refractivity contribution in [1.29, 1.82) is 0 Å². The number of amides is 3. The van der Waals surface area contributed by atoms with Gasteiger partial charge in [-0.15, -0.1) is 0 Å². The van der Waals surface area contributed by atoms with Gasteiger partial charge in [-0.2, -0.15) is 0 Å². The molecule has 0 unspecified atom stereocenters. The van der Waals surface area contributed by atoms with Crippen molar-refractivity contribution in [3.63, 3.8) is 0 Å². The summed E-state index contributed by atoms with van der Waals surface area (Å²) in [4.78, 5) is 29.6. The number of urea groups is 1. The topological polar surface area (TPSA) is 94.6 Å². The van der Waals surface area contributed by atoms with E-state index in [0.29, 0.717) is 37.6 Å². The van der Waals surface area contributed by atoms with Gasteiger partial charge < -0.3 is 10.4 Å². The van der Waals surface area contributed by atoms with Crippen molar-refractivity contribution in [1.82, 2.24) is 15.2 Å². The number of rotatable bonds is 1. The van der Waals surface area contributed by atoms with E-state index in [1.54, 1.807) is 6.92 Å². The largest absolute Gasteiger partial charge is 0.506 e. The van der Waals surface area contributed by atoms with Gasteiger partial charge in [0.25, 0.3) is 0 Å². The van der Waals surface area contributed by atoms with E-state index >= 15 is 0 Å². The number of aromatic nitrogens is 1. The van der Waals surface area contributed by atoms with E-state index in [0.717, 1.165) is 0 Å². The molecule has 3 heterocycles. The molecule has 7 nitrogen and oxygen atoms in total. The van der Waals surface area contributed by atoms with Crippen LogP contribution in [0, 0.1) is 12.3 Å². The van der Waals surface area contributed by atoms with Crippen LogP contribution in [-0.2, 0) is 4.79 Å². The number of pyridine rings is 1. The van der Waals surface area contributed by atoms with Crippen LogP contribution in [-0.4, -0.2) is 46.6 Å². The minimum Gasteiger partial charge on any atom is -0.506 e. The molecule has 2 aliphatic rings. The van der Waals surface area contributed by atoms with Crippen LogP contribution in [0.3, 0.4) is 0 Å². The standard InChI is InChI=1S/C13H16N4O3/c1-8-9(18)2-3-10(15-8)16-12(20)17-5-4-13(11(17)19)6-14-7-13/h2-3,14,18H,4-7H2,1H3,(H,15,16,20). The molecule has 106 valence electrons. The molecule has 0 aromatic carbocycles. The summed E-state index contributed by atoms with van der Waals surface area (Å²) in [6.45, 7) is 3.36. The fourth-order valence-corrected chi connectivity index (χ4v) is 2.57. The number of nitrogens with one attached hydrogen (secondary N) is 2. The maximum Gasteiger partial charge on any atom is 0.329 e. The third-order valence-electron chi connectivity index (χ3n) is 3.98. The summed E-state index contributed by atoms with van der Waals surface area (Å²) in [6, 6.07) is 2.50. The average Bonchev–Trinajstić information content (AvgIpc) is 2.71. The molecular weight excluding hydrogens is 260 g/mol. The van der Waals surface area contributed by atoms with Crippen LogP contribution in [0.5, 0.6) is 5.75 Å². The van der Waals surface area contributed by atoms with Gasteiger partial charge in [0.2, 0.25) is 5.91 Å². The number of anilines is 1. The summed E-state index contributed by atoms with van der Waals surface area (Å²) in [5.41, 5.74) is 0.0468. The first-order chi connectivity index (χ1) is 9.52. The highest BCUT2D eigenvalue weighted by molar-refractivity contribution is 6.04. The van der Waals surface area contributed by atoms with Crippen molar-refractivity contribution < 1.29 is 14.7 Å². The Bertz CT molecular complexity index is 583. The lowest BCUT2D eigenvalue weighted by atomic mass is 9.80. The molecule has 0 saturated carbocycles. The van der Waals surface area contributed by atoms with Gasteiger partial charge in [-0.25, -0.2) is 9.78 Å². The summed E-state index contributed by atoms with van der Waals surface area (Å²) < 4.78 is 0. The Kier molecular flexibility index (Phi) is 2.86. The van der Waals surface area contributed by atoms with Crippen molar-refractivity contribution in [3.8, 4) is 5.75 Å². The Hall–Kier alpha value is -2.15. The average molecular weight is 276 g/mol. The van der Waals surface area contributed by atoms with E-state index < -0.39 is 6.03 Å². The predicted octanol–water partition coefficient (Wildman–Crippen LogP) is 0.449. The first-order valence-corrected chi connectivity index (χ1v) is 6.52. The number of aryl methyl sites for hydroxylation is 1. The van der Waals surface area contributed by atoms with Crippen LogP contribution < -0.4 is 10.6 Å². The van der Waals surface area contributed by atoms with E-state index in [2.05, 4.69) is 15.6 Å². The number of carbonyl (C=O) groups excluding carboxylic acids is 2. The van der Waals surface area contributed by atoms with E-state index in [9.17, 15) is 14.7 Å². The van der Waals surface area contributed by atoms with Crippen molar-refractivity contribution in [2.45, 2.75) is 13.3 Å². The molecule has 3 amide bonds. The van der Waals surface area contributed by atoms with Crippen LogP contribution in [0.25, 0.3) is 0 Å². The summed E-state index contributed by atoms with van der Waals surface area (Å²) >= 11 is 0. The van der Waals surface area contributed by atoms with E-state index in [1.807, 2.05) is 0 Å². The smallest absolute Gasteiger partial charge is 0.329 e. The fourth-order valence-electron chi connectivity index (χ4n) is 2.57. The second-order valence-electron chi connectivity index (χ2n) is 5.32. The molecule has 1 spiro atoms. The lowest BCUT2D eigenvalue weighted by molar-refractivity contribution is -0.135. The summed E-state index contributed by atoms with van der Waals surface area (Å²) in [6.07, 6.45) is 0.703. The Labute approximate surface area is 116 Å². The van der Waals surface area contributed by atoms with Crippen LogP contribution in [0.1, 0.15) is 12.1 Å². The molecular formula is C13H16N4O3. The first kappa shape index (κ1) is 12.9. The van der Waals surface area contributed by atoms with Gasteiger partial charge in [0.15, 0.2) is 0 Å². The zero-order chi connectivity index (χ0) is 14.3. The number of carbonyl (C=O) groups is 2. The highest BCUT2D eigenvalue weighted by Crippen LogP contribution is 2.35. The lowest BCUT2D eigenvalue weighted by Crippen LogP contribution is -2.58. The molecule has 20 heavy (non-hydrogen) atoms. The Balaban J connectivity index is 1.70. The van der Waals surface area contributed by atoms with Crippen molar-refractivity contribution in [3.05, 3.63) is 17.8 Å². The number of nitrogens with zero attached hydrogens (tertiary/aromatic N) is 2. The van der Waals surface area contributed by atoms with E-state index in [1.165, 1.54) is 17.0 Å². The predicted molar refractivity (Wildman–Crippen MR) is 71.3 cm³/mol. The molecule has 2 saturated heterocycles. The van der Waals surface area contributed by atoms with Crippen molar-refractivity contribution >= 4 is 17.8 Å². The van der Waals surface area contributed by atoms with Gasteiger partial charge in [0.1, 0.15) is 11.6 Å². The third-order valence-corrected chi connectivity index (χ3v) is 3.98. The molecule has 3 rings (SSSR count). The van der Waals surface area contributed by atoms with Gasteiger partial charge in [-0.05, 0) is 25.5 Å². The lowest BCUT2D eigenvalue weighted by Gasteiger charge is -2.36. The van der Waals surface area contributed by atoms with Gasteiger partial charge in [0, 0.05) is 19.6 Å². The summed E-state index contributed by atoms with van der Waals surface area (Å²) in [7, 11) is 0. The molecule has 2 aliphatic heterocycles. The molecule has 7 heteroatoms. The molecule has 1 aromatic rings. The molecule has 0 bridgehead atoms. The van der Waals surface area contributed by atoms with Gasteiger partial charge in [-0.3, -0.25) is 15.0 Å². The Morgan fingerprint density at radius 2 is 2.25 bits per heavy atom. The van der Waals surface area contributed by atoms with Crippen molar-refractivity contribution in [2.75, 3.05) is 25.0 Å². The highest BCUT2D eigenvalue weighted by Gasteiger charge is 2.52. The molecule has 3 N–H and O–H groups in total. The summed E-state index contributed by atoms with van der Waals surface area (Å²) in [5.74, 6) is 0.273. The number of imide groups is 1. The molecule has 1 aromatic heterocycles. The van der Waals surface area contributed by atoms with Crippen LogP contribution >= 0.6 is 0 Å².